The minimum Gasteiger partial charge on any atom is -0.372 e. The molecule has 1 aromatic carbocycles. The van der Waals surface area contributed by atoms with Crippen molar-refractivity contribution in [3.63, 3.8) is 0 Å². The van der Waals surface area contributed by atoms with E-state index in [4.69, 9.17) is 0 Å². The Balaban J connectivity index is 1.71. The first-order valence-electron chi connectivity index (χ1n) is 9.97. The predicted octanol–water partition coefficient (Wildman–Crippen LogP) is 2.85. The van der Waals surface area contributed by atoms with Gasteiger partial charge >= 0.3 is 0 Å². The summed E-state index contributed by atoms with van der Waals surface area (Å²) < 4.78 is 24.4. The van der Waals surface area contributed by atoms with Crippen LogP contribution in [0, 0.1) is 12.8 Å². The third-order valence-electron chi connectivity index (χ3n) is 5.77. The lowest BCUT2D eigenvalue weighted by atomic mass is 10.1. The quantitative estimate of drug-likeness (QED) is 0.728. The van der Waals surface area contributed by atoms with Crippen molar-refractivity contribution in [2.75, 3.05) is 34.4 Å². The lowest BCUT2D eigenvalue weighted by Crippen LogP contribution is -2.38. The van der Waals surface area contributed by atoms with Gasteiger partial charge < -0.3 is 9.80 Å². The van der Waals surface area contributed by atoms with Gasteiger partial charge in [0.15, 0.2) is 15.0 Å². The van der Waals surface area contributed by atoms with Gasteiger partial charge in [-0.15, -0.1) is 0 Å². The number of hydrogen-bond acceptors (Lipinski definition) is 5. The summed E-state index contributed by atoms with van der Waals surface area (Å²) in [5.74, 6) is 0.280. The predicted molar refractivity (Wildman–Crippen MR) is 116 cm³/mol. The summed E-state index contributed by atoms with van der Waals surface area (Å²) >= 11 is 1.45. The highest BCUT2D eigenvalue weighted by atomic mass is 32.2. The normalized spacial score (nSPS) is 27.2. The van der Waals surface area contributed by atoms with Crippen LogP contribution in [0.3, 0.4) is 0 Å². The molecule has 2 aliphatic heterocycles. The van der Waals surface area contributed by atoms with Crippen LogP contribution >= 0.6 is 11.8 Å². The van der Waals surface area contributed by atoms with Crippen LogP contribution in [0.15, 0.2) is 23.2 Å². The van der Waals surface area contributed by atoms with Crippen LogP contribution < -0.4 is 9.80 Å². The topological polar surface area (TPSA) is 70.0 Å². The molecule has 2 heterocycles. The minimum absolute atomic E-state index is 0.0578. The Morgan fingerprint density at radius 3 is 2.57 bits per heavy atom. The molecule has 3 aliphatic rings. The summed E-state index contributed by atoms with van der Waals surface area (Å²) in [6.45, 7) is 8.17. The van der Waals surface area contributed by atoms with E-state index in [0.29, 0.717) is 5.17 Å². The van der Waals surface area contributed by atoms with E-state index in [-0.39, 0.29) is 34.6 Å². The fourth-order valence-electron chi connectivity index (χ4n) is 4.06. The number of sulfone groups is 1. The lowest BCUT2D eigenvalue weighted by molar-refractivity contribution is -0.118. The van der Waals surface area contributed by atoms with Crippen molar-refractivity contribution in [1.82, 2.24) is 0 Å². The molecule has 6 nitrogen and oxygen atoms in total. The highest BCUT2D eigenvalue weighted by Gasteiger charge is 2.50. The zero-order valence-electron chi connectivity index (χ0n) is 16.6. The molecule has 28 heavy (non-hydrogen) atoms. The van der Waals surface area contributed by atoms with E-state index in [2.05, 4.69) is 35.9 Å². The SMILES string of the molecule is CCN(CC)c1ccc(N2C(=NC(=O)C3CC3)S[C@H]3CS(=O)(=O)C[C@@H]32)c(C)c1. The summed E-state index contributed by atoms with van der Waals surface area (Å²) in [5, 5.41) is 0.609. The van der Waals surface area contributed by atoms with E-state index in [1.165, 1.54) is 11.8 Å². The zero-order chi connectivity index (χ0) is 20.1. The van der Waals surface area contributed by atoms with Gasteiger partial charge in [0.25, 0.3) is 5.91 Å². The van der Waals surface area contributed by atoms with Crippen LogP contribution in [-0.4, -0.2) is 55.4 Å². The summed E-state index contributed by atoms with van der Waals surface area (Å²) in [4.78, 5) is 21.1. The molecule has 0 N–H and O–H groups in total. The first-order valence-corrected chi connectivity index (χ1v) is 12.7. The number of fused-ring (bicyclic) bond motifs is 1. The number of anilines is 2. The first kappa shape index (κ1) is 19.8. The molecule has 2 atom stereocenters. The van der Waals surface area contributed by atoms with Crippen molar-refractivity contribution < 1.29 is 13.2 Å². The second-order valence-corrected chi connectivity index (χ2v) is 11.2. The van der Waals surface area contributed by atoms with Crippen molar-refractivity contribution in [3.05, 3.63) is 23.8 Å². The van der Waals surface area contributed by atoms with Crippen LogP contribution in [0.5, 0.6) is 0 Å². The Morgan fingerprint density at radius 2 is 1.96 bits per heavy atom. The second-order valence-electron chi connectivity index (χ2n) is 7.82. The minimum atomic E-state index is -3.06. The number of thioether (sulfide) groups is 1. The van der Waals surface area contributed by atoms with Crippen molar-refractivity contribution in [1.29, 1.82) is 0 Å². The van der Waals surface area contributed by atoms with Gasteiger partial charge in [0.2, 0.25) is 0 Å². The maximum atomic E-state index is 12.3. The molecule has 0 spiro atoms. The number of carbonyl (C=O) groups is 1. The van der Waals surface area contributed by atoms with E-state index in [1.54, 1.807) is 0 Å². The highest BCUT2D eigenvalue weighted by molar-refractivity contribution is 8.16. The van der Waals surface area contributed by atoms with E-state index >= 15 is 0 Å². The monoisotopic (exact) mass is 421 g/mol. The van der Waals surface area contributed by atoms with Crippen LogP contribution in [0.1, 0.15) is 32.3 Å². The maximum absolute atomic E-state index is 12.3. The van der Waals surface area contributed by atoms with Gasteiger partial charge in [-0.05, 0) is 57.4 Å². The molecule has 0 aromatic heterocycles. The lowest BCUT2D eigenvalue weighted by Gasteiger charge is -2.28. The summed E-state index contributed by atoms with van der Waals surface area (Å²) in [6.07, 6.45) is 1.83. The number of amidine groups is 1. The molecule has 0 unspecified atom stereocenters. The summed E-state index contributed by atoms with van der Waals surface area (Å²) in [6, 6.07) is 6.12. The average molecular weight is 422 g/mol. The van der Waals surface area contributed by atoms with Gasteiger partial charge in [-0.3, -0.25) is 4.79 Å². The Bertz CT molecular complexity index is 921. The van der Waals surface area contributed by atoms with E-state index < -0.39 is 9.84 Å². The van der Waals surface area contributed by atoms with Crippen molar-refractivity contribution in [3.8, 4) is 0 Å². The second kappa shape index (κ2) is 7.37. The van der Waals surface area contributed by atoms with E-state index in [9.17, 15) is 13.2 Å². The van der Waals surface area contributed by atoms with Crippen molar-refractivity contribution >= 4 is 44.0 Å². The Kier molecular flexibility index (Phi) is 5.20. The molecule has 2 saturated heterocycles. The van der Waals surface area contributed by atoms with Gasteiger partial charge in [0.1, 0.15) is 0 Å². The Labute approximate surface area is 171 Å². The zero-order valence-corrected chi connectivity index (χ0v) is 18.2. The van der Waals surface area contributed by atoms with Crippen LogP contribution in [0.25, 0.3) is 0 Å². The molecule has 0 bridgehead atoms. The smallest absolute Gasteiger partial charge is 0.251 e. The molecule has 8 heteroatoms. The molecule has 152 valence electrons. The number of aryl methyl sites for hydroxylation is 1. The van der Waals surface area contributed by atoms with Crippen molar-refractivity contribution in [2.45, 2.75) is 44.9 Å². The van der Waals surface area contributed by atoms with Gasteiger partial charge in [0.05, 0.1) is 17.5 Å². The Morgan fingerprint density at radius 1 is 1.25 bits per heavy atom. The molecule has 1 aromatic rings. The fourth-order valence-corrected chi connectivity index (χ4v) is 7.97. The number of hydrogen-bond donors (Lipinski definition) is 0. The third kappa shape index (κ3) is 3.68. The van der Waals surface area contributed by atoms with Crippen LogP contribution in [0.4, 0.5) is 11.4 Å². The average Bonchev–Trinajstić information content (AvgIpc) is 3.38. The highest BCUT2D eigenvalue weighted by Crippen LogP contribution is 2.43. The maximum Gasteiger partial charge on any atom is 0.251 e. The van der Waals surface area contributed by atoms with E-state index in [0.717, 1.165) is 42.9 Å². The van der Waals surface area contributed by atoms with Gasteiger partial charge in [-0.1, -0.05) is 11.8 Å². The molecular weight excluding hydrogens is 394 g/mol. The number of amides is 1. The number of nitrogens with zero attached hydrogens (tertiary/aromatic N) is 3. The molecular formula is C20H27N3O3S2. The van der Waals surface area contributed by atoms with Crippen molar-refractivity contribution in [2.24, 2.45) is 10.9 Å². The summed E-state index contributed by atoms with van der Waals surface area (Å²) in [5.41, 5.74) is 3.18. The molecule has 0 radical (unpaired) electrons. The van der Waals surface area contributed by atoms with Crippen LogP contribution in [-0.2, 0) is 14.6 Å². The van der Waals surface area contributed by atoms with Gasteiger partial charge in [0, 0.05) is 35.6 Å². The molecule has 1 saturated carbocycles. The standard InChI is InChI=1S/C20H27N3O3S2/c1-4-22(5-2)15-8-9-16(13(3)10-15)23-17-11-28(25,26)12-18(17)27-20(23)21-19(24)14-6-7-14/h8-10,14,17-18H,4-7,11-12H2,1-3H3/t17-,18-/m0/s1. The molecule has 4 rings (SSSR count). The third-order valence-corrected chi connectivity index (χ3v) is 8.98. The largest absolute Gasteiger partial charge is 0.372 e. The number of aliphatic imine (C=N–C) groups is 1. The number of benzene rings is 1. The molecule has 3 fully saturated rings. The van der Waals surface area contributed by atoms with Crippen LogP contribution in [0.2, 0.25) is 0 Å². The van der Waals surface area contributed by atoms with E-state index in [1.807, 2.05) is 17.9 Å². The number of carbonyl (C=O) groups excluding carboxylic acids is 1. The van der Waals surface area contributed by atoms with Gasteiger partial charge in [-0.25, -0.2) is 8.42 Å². The molecule has 1 amide bonds. The number of rotatable bonds is 5. The Hall–Kier alpha value is -1.54. The fraction of sp³-hybridized carbons (Fsp3) is 0.600. The summed E-state index contributed by atoms with van der Waals surface area (Å²) in [7, 11) is -3.06. The van der Waals surface area contributed by atoms with Gasteiger partial charge in [-0.2, -0.15) is 4.99 Å². The first-order chi connectivity index (χ1) is 13.3. The molecule has 1 aliphatic carbocycles.